The maximum Gasteiger partial charge on any atom is 0.327 e. The predicted molar refractivity (Wildman–Crippen MR) is 109 cm³/mol. The van der Waals surface area contributed by atoms with Gasteiger partial charge in [0.05, 0.1) is 33.5 Å². The summed E-state index contributed by atoms with van der Waals surface area (Å²) in [7, 11) is 2.50. The van der Waals surface area contributed by atoms with Gasteiger partial charge in [-0.15, -0.1) is 0 Å². The third kappa shape index (κ3) is 4.53. The molecule has 1 fully saturated rings. The van der Waals surface area contributed by atoms with E-state index in [1.54, 1.807) is 12.0 Å². The second kappa shape index (κ2) is 9.84. The van der Waals surface area contributed by atoms with Gasteiger partial charge in [-0.2, -0.15) is 5.06 Å². The minimum absolute atomic E-state index is 0.00491. The fraction of sp³-hybridized carbons (Fsp3) is 0.391. The molecule has 0 spiro atoms. The highest BCUT2D eigenvalue weighted by Gasteiger charge is 2.63. The molecular formula is C23H27NO6. The van der Waals surface area contributed by atoms with Gasteiger partial charge in [-0.05, 0) is 18.1 Å². The first kappa shape index (κ1) is 22.0. The lowest BCUT2D eigenvalue weighted by Crippen LogP contribution is -2.53. The van der Waals surface area contributed by atoms with Gasteiger partial charge in [0.1, 0.15) is 6.10 Å². The Morgan fingerprint density at radius 3 is 2.07 bits per heavy atom. The molecular weight excluding hydrogens is 386 g/mol. The zero-order valence-electron chi connectivity index (χ0n) is 17.4. The highest BCUT2D eigenvalue weighted by molar-refractivity contribution is 6.01. The van der Waals surface area contributed by atoms with E-state index in [1.807, 2.05) is 60.7 Å². The second-order valence-corrected chi connectivity index (χ2v) is 7.27. The molecule has 0 unspecified atom stereocenters. The predicted octanol–water partition coefficient (Wildman–Crippen LogP) is 2.74. The Bertz CT molecular complexity index is 825. The third-order valence-corrected chi connectivity index (χ3v) is 5.26. The Labute approximate surface area is 176 Å². The summed E-state index contributed by atoms with van der Waals surface area (Å²) < 4.78 is 16.0. The first-order valence-corrected chi connectivity index (χ1v) is 9.79. The molecule has 2 aromatic carbocycles. The van der Waals surface area contributed by atoms with Crippen molar-refractivity contribution in [3.05, 3.63) is 71.8 Å². The fourth-order valence-electron chi connectivity index (χ4n) is 3.72. The minimum atomic E-state index is -1.64. The Balaban J connectivity index is 1.85. The van der Waals surface area contributed by atoms with E-state index in [1.165, 1.54) is 14.2 Å². The largest absolute Gasteiger partial charge is 0.468 e. The first-order valence-electron chi connectivity index (χ1n) is 9.79. The molecule has 7 nitrogen and oxygen atoms in total. The van der Waals surface area contributed by atoms with Crippen LogP contribution in [-0.2, 0) is 41.8 Å². The number of esters is 2. The van der Waals surface area contributed by atoms with E-state index >= 15 is 0 Å². The van der Waals surface area contributed by atoms with E-state index in [-0.39, 0.29) is 6.54 Å². The minimum Gasteiger partial charge on any atom is -0.468 e. The number of hydroxylamine groups is 2. The van der Waals surface area contributed by atoms with Crippen LogP contribution in [0.1, 0.15) is 18.1 Å². The number of methoxy groups -OCH3 is 2. The zero-order chi connectivity index (χ0) is 21.6. The van der Waals surface area contributed by atoms with Crippen LogP contribution in [0, 0.1) is 5.41 Å². The molecule has 1 heterocycles. The average molecular weight is 413 g/mol. The Hall–Kier alpha value is -2.74. The molecule has 30 heavy (non-hydrogen) atoms. The molecule has 0 amide bonds. The lowest BCUT2D eigenvalue weighted by Gasteiger charge is -2.30. The molecule has 3 rings (SSSR count). The summed E-state index contributed by atoms with van der Waals surface area (Å²) in [5, 5.41) is 1.59. The van der Waals surface area contributed by atoms with Crippen molar-refractivity contribution in [3.8, 4) is 0 Å². The van der Waals surface area contributed by atoms with Crippen molar-refractivity contribution < 1.29 is 28.6 Å². The molecule has 160 valence electrons. The Morgan fingerprint density at radius 2 is 1.53 bits per heavy atom. The van der Waals surface area contributed by atoms with Gasteiger partial charge >= 0.3 is 11.9 Å². The number of carbonyl (C=O) groups is 2. The number of nitrogens with zero attached hydrogens (tertiary/aromatic N) is 1. The number of benzene rings is 2. The number of hydrogen-bond acceptors (Lipinski definition) is 7. The van der Waals surface area contributed by atoms with E-state index in [0.717, 1.165) is 11.1 Å². The van der Waals surface area contributed by atoms with E-state index in [2.05, 4.69) is 0 Å². The van der Waals surface area contributed by atoms with E-state index < -0.39 is 29.6 Å². The molecule has 0 bridgehead atoms. The van der Waals surface area contributed by atoms with Gasteiger partial charge in [-0.25, -0.2) is 0 Å². The van der Waals surface area contributed by atoms with Crippen molar-refractivity contribution in [2.45, 2.75) is 32.3 Å². The van der Waals surface area contributed by atoms with Crippen LogP contribution in [-0.4, -0.2) is 50.0 Å². The molecule has 0 radical (unpaired) electrons. The molecule has 7 heteroatoms. The molecule has 0 saturated carbocycles. The second-order valence-electron chi connectivity index (χ2n) is 7.27. The van der Waals surface area contributed by atoms with Gasteiger partial charge in [-0.3, -0.25) is 14.4 Å². The summed E-state index contributed by atoms with van der Waals surface area (Å²) in [5.41, 5.74) is 0.318. The van der Waals surface area contributed by atoms with Crippen LogP contribution in [0.15, 0.2) is 60.7 Å². The molecule has 1 aliphatic heterocycles. The summed E-state index contributed by atoms with van der Waals surface area (Å²) in [6.45, 7) is 2.50. The third-order valence-electron chi connectivity index (χ3n) is 5.26. The summed E-state index contributed by atoms with van der Waals surface area (Å²) >= 11 is 0. The number of rotatable bonds is 8. The van der Waals surface area contributed by atoms with Gasteiger partial charge in [0.15, 0.2) is 0 Å². The first-order chi connectivity index (χ1) is 14.5. The van der Waals surface area contributed by atoms with Crippen molar-refractivity contribution >= 4 is 11.9 Å². The molecule has 2 aromatic rings. The van der Waals surface area contributed by atoms with Gasteiger partial charge in [0.25, 0.3) is 0 Å². The smallest absolute Gasteiger partial charge is 0.327 e. The highest BCUT2D eigenvalue weighted by Crippen LogP contribution is 2.39. The van der Waals surface area contributed by atoms with Crippen molar-refractivity contribution in [2.24, 2.45) is 5.41 Å². The standard InChI is InChI=1S/C23H27NO6/c1-17(29-15-19-12-8-5-9-13-19)20-23(21(25)27-2,22(26)28-3)16-24(30-20)14-18-10-6-4-7-11-18/h4-13,17,20H,14-16H2,1-3H3/t17-,20+/m0/s1. The van der Waals surface area contributed by atoms with Gasteiger partial charge in [-0.1, -0.05) is 60.7 Å². The highest BCUT2D eigenvalue weighted by atomic mass is 16.7. The van der Waals surface area contributed by atoms with Crippen molar-refractivity contribution in [1.82, 2.24) is 5.06 Å². The van der Waals surface area contributed by atoms with Crippen LogP contribution in [0.25, 0.3) is 0 Å². The quantitative estimate of drug-likeness (QED) is 0.487. The normalized spacial score (nSPS) is 19.2. The fourth-order valence-corrected chi connectivity index (χ4v) is 3.72. The van der Waals surface area contributed by atoms with Crippen LogP contribution in [0.5, 0.6) is 0 Å². The van der Waals surface area contributed by atoms with Crippen LogP contribution < -0.4 is 0 Å². The van der Waals surface area contributed by atoms with Gasteiger partial charge in [0, 0.05) is 6.54 Å². The molecule has 0 aliphatic carbocycles. The Morgan fingerprint density at radius 1 is 1.00 bits per heavy atom. The molecule has 1 saturated heterocycles. The van der Waals surface area contributed by atoms with Crippen molar-refractivity contribution in [1.29, 1.82) is 0 Å². The molecule has 0 N–H and O–H groups in total. The summed E-state index contributed by atoms with van der Waals surface area (Å²) in [5.74, 6) is -1.41. The Kier molecular flexibility index (Phi) is 7.20. The summed E-state index contributed by atoms with van der Waals surface area (Å²) in [6, 6.07) is 19.3. The van der Waals surface area contributed by atoms with Crippen LogP contribution in [0.2, 0.25) is 0 Å². The molecule has 0 aromatic heterocycles. The van der Waals surface area contributed by atoms with Gasteiger partial charge < -0.3 is 14.2 Å². The lowest BCUT2D eigenvalue weighted by atomic mass is 9.80. The van der Waals surface area contributed by atoms with Crippen molar-refractivity contribution in [2.75, 3.05) is 20.8 Å². The lowest BCUT2D eigenvalue weighted by molar-refractivity contribution is -0.201. The maximum atomic E-state index is 12.8. The SMILES string of the molecule is COC(=O)C1(C(=O)OC)CN(Cc2ccccc2)O[C@@H]1[C@H](C)OCc1ccccc1. The molecule has 2 atom stereocenters. The zero-order valence-corrected chi connectivity index (χ0v) is 17.4. The monoisotopic (exact) mass is 413 g/mol. The number of ether oxygens (including phenoxy) is 3. The van der Waals surface area contributed by atoms with Crippen LogP contribution in [0.4, 0.5) is 0 Å². The average Bonchev–Trinajstić information content (AvgIpc) is 3.18. The number of hydrogen-bond donors (Lipinski definition) is 0. The van der Waals surface area contributed by atoms with E-state index in [4.69, 9.17) is 19.0 Å². The maximum absolute atomic E-state index is 12.8. The number of carbonyl (C=O) groups excluding carboxylic acids is 2. The van der Waals surface area contributed by atoms with E-state index in [0.29, 0.717) is 13.2 Å². The van der Waals surface area contributed by atoms with Gasteiger partial charge in [0.2, 0.25) is 5.41 Å². The summed E-state index contributed by atoms with van der Waals surface area (Å²) in [4.78, 5) is 31.8. The summed E-state index contributed by atoms with van der Waals surface area (Å²) in [6.07, 6.45) is -1.48. The van der Waals surface area contributed by atoms with Crippen LogP contribution in [0.3, 0.4) is 0 Å². The van der Waals surface area contributed by atoms with E-state index in [9.17, 15) is 9.59 Å². The van der Waals surface area contributed by atoms with Crippen molar-refractivity contribution in [3.63, 3.8) is 0 Å². The topological polar surface area (TPSA) is 74.3 Å². The van der Waals surface area contributed by atoms with Crippen LogP contribution >= 0.6 is 0 Å². The molecule has 1 aliphatic rings.